The Hall–Kier alpha value is -0.650. The first-order valence-electron chi connectivity index (χ1n) is 4.79. The summed E-state index contributed by atoms with van der Waals surface area (Å²) in [6.07, 6.45) is 0.225. The maximum absolute atomic E-state index is 11.1. The summed E-state index contributed by atoms with van der Waals surface area (Å²) in [6.45, 7) is 7.23. The van der Waals surface area contributed by atoms with Crippen LogP contribution in [0.2, 0.25) is 0 Å². The number of nitrogens with one attached hydrogen (secondary N) is 1. The molecule has 15 heavy (non-hydrogen) atoms. The van der Waals surface area contributed by atoms with Crippen molar-refractivity contribution in [3.05, 3.63) is 0 Å². The van der Waals surface area contributed by atoms with E-state index in [0.29, 0.717) is 0 Å². The zero-order valence-electron chi connectivity index (χ0n) is 10.3. The summed E-state index contributed by atoms with van der Waals surface area (Å²) in [5.74, 6) is -1.01. The molecule has 5 heteroatoms. The zero-order chi connectivity index (χ0) is 12.1. The maximum Gasteiger partial charge on any atom is 0.307 e. The Labute approximate surface area is 91.0 Å². The molecule has 0 saturated carbocycles. The monoisotopic (exact) mass is 219 g/mol. The van der Waals surface area contributed by atoms with Gasteiger partial charge in [-0.2, -0.15) is 5.48 Å². The van der Waals surface area contributed by atoms with E-state index in [4.69, 9.17) is 9.57 Å². The van der Waals surface area contributed by atoms with Crippen molar-refractivity contribution in [3.63, 3.8) is 0 Å². The van der Waals surface area contributed by atoms with E-state index in [2.05, 4.69) is 10.2 Å². The molecule has 1 N–H and O–H groups in total. The van der Waals surface area contributed by atoms with Gasteiger partial charge in [0.25, 0.3) is 0 Å². The summed E-state index contributed by atoms with van der Waals surface area (Å²) in [5.41, 5.74) is 2.29. The van der Waals surface area contributed by atoms with Crippen LogP contribution in [-0.2, 0) is 19.1 Å². The predicted molar refractivity (Wildman–Crippen MR) is 56.0 cm³/mol. The highest BCUT2D eigenvalue weighted by atomic mass is 16.8. The zero-order valence-corrected chi connectivity index (χ0v) is 10.3. The van der Waals surface area contributed by atoms with Gasteiger partial charge < -0.3 is 9.47 Å². The number of hydrogen-bond acceptors (Lipinski definition) is 5. The standard InChI is InChI=1S/C10H21NO4/c1-9(2,7-8(12)13-5)11-15-10(3,4)14-6/h11H,7H2,1-6H3. The average Bonchev–Trinajstić information content (AvgIpc) is 2.14. The smallest absolute Gasteiger partial charge is 0.307 e. The van der Waals surface area contributed by atoms with Gasteiger partial charge in [0, 0.05) is 12.6 Å². The first-order chi connectivity index (χ1) is 6.72. The number of esters is 1. The molecule has 0 bridgehead atoms. The van der Waals surface area contributed by atoms with E-state index in [9.17, 15) is 4.79 Å². The molecule has 0 unspecified atom stereocenters. The molecule has 5 nitrogen and oxygen atoms in total. The van der Waals surface area contributed by atoms with Crippen LogP contribution in [0.5, 0.6) is 0 Å². The van der Waals surface area contributed by atoms with Crippen molar-refractivity contribution in [2.75, 3.05) is 14.2 Å². The van der Waals surface area contributed by atoms with E-state index < -0.39 is 11.3 Å². The van der Waals surface area contributed by atoms with Gasteiger partial charge in [-0.25, -0.2) is 0 Å². The van der Waals surface area contributed by atoms with Crippen molar-refractivity contribution in [2.24, 2.45) is 0 Å². The van der Waals surface area contributed by atoms with Gasteiger partial charge in [0.1, 0.15) is 0 Å². The highest BCUT2D eigenvalue weighted by molar-refractivity contribution is 5.70. The molecule has 0 saturated heterocycles. The van der Waals surface area contributed by atoms with Crippen molar-refractivity contribution in [1.82, 2.24) is 5.48 Å². The van der Waals surface area contributed by atoms with Crippen LogP contribution in [0, 0.1) is 0 Å². The van der Waals surface area contributed by atoms with Crippen molar-refractivity contribution >= 4 is 5.97 Å². The second-order valence-corrected chi connectivity index (χ2v) is 4.44. The lowest BCUT2D eigenvalue weighted by molar-refractivity contribution is -0.247. The number of hydrogen-bond donors (Lipinski definition) is 1. The molecular weight excluding hydrogens is 198 g/mol. The van der Waals surface area contributed by atoms with Crippen LogP contribution in [0.25, 0.3) is 0 Å². The van der Waals surface area contributed by atoms with E-state index in [1.54, 1.807) is 21.0 Å². The molecular formula is C10H21NO4. The van der Waals surface area contributed by atoms with E-state index in [1.807, 2.05) is 13.8 Å². The van der Waals surface area contributed by atoms with Crippen molar-refractivity contribution < 1.29 is 19.1 Å². The molecule has 0 aromatic carbocycles. The second-order valence-electron chi connectivity index (χ2n) is 4.44. The first kappa shape index (κ1) is 14.3. The van der Waals surface area contributed by atoms with Crippen LogP contribution in [0.4, 0.5) is 0 Å². The van der Waals surface area contributed by atoms with Gasteiger partial charge in [0.05, 0.1) is 13.5 Å². The number of methoxy groups -OCH3 is 2. The van der Waals surface area contributed by atoms with Crippen molar-refractivity contribution in [2.45, 2.75) is 45.4 Å². The fourth-order valence-electron chi connectivity index (χ4n) is 0.772. The molecule has 0 radical (unpaired) electrons. The largest absolute Gasteiger partial charge is 0.469 e. The Balaban J connectivity index is 4.09. The Bertz CT molecular complexity index is 213. The number of ether oxygens (including phenoxy) is 2. The summed E-state index contributed by atoms with van der Waals surface area (Å²) in [5, 5.41) is 0. The molecule has 0 aromatic heterocycles. The lowest BCUT2D eigenvalue weighted by Gasteiger charge is -2.30. The fraction of sp³-hybridized carbons (Fsp3) is 0.900. The average molecular weight is 219 g/mol. The van der Waals surface area contributed by atoms with Crippen LogP contribution in [0.3, 0.4) is 0 Å². The topological polar surface area (TPSA) is 56.8 Å². The van der Waals surface area contributed by atoms with Crippen molar-refractivity contribution in [3.8, 4) is 0 Å². The highest BCUT2D eigenvalue weighted by Gasteiger charge is 2.26. The van der Waals surface area contributed by atoms with Crippen LogP contribution in [0.15, 0.2) is 0 Å². The van der Waals surface area contributed by atoms with Crippen LogP contribution in [0.1, 0.15) is 34.1 Å². The molecule has 0 heterocycles. The van der Waals surface area contributed by atoms with Gasteiger partial charge in [0.2, 0.25) is 0 Å². The van der Waals surface area contributed by atoms with Gasteiger partial charge in [-0.3, -0.25) is 9.63 Å². The van der Waals surface area contributed by atoms with Gasteiger partial charge in [-0.15, -0.1) is 0 Å². The van der Waals surface area contributed by atoms with Gasteiger partial charge in [-0.05, 0) is 27.7 Å². The Kier molecular flexibility index (Phi) is 5.20. The SMILES string of the molecule is COC(=O)CC(C)(C)NOC(C)(C)OC. The number of carbonyl (C=O) groups excluding carboxylic acids is 1. The lowest BCUT2D eigenvalue weighted by atomic mass is 10.0. The number of carbonyl (C=O) groups is 1. The van der Waals surface area contributed by atoms with E-state index >= 15 is 0 Å². The molecule has 0 aliphatic heterocycles. The van der Waals surface area contributed by atoms with E-state index in [1.165, 1.54) is 7.11 Å². The van der Waals surface area contributed by atoms with Gasteiger partial charge >= 0.3 is 5.97 Å². The molecule has 0 aliphatic rings. The van der Waals surface area contributed by atoms with Gasteiger partial charge in [0.15, 0.2) is 5.79 Å². The molecule has 0 fully saturated rings. The maximum atomic E-state index is 11.1. The van der Waals surface area contributed by atoms with E-state index in [-0.39, 0.29) is 12.4 Å². The van der Waals surface area contributed by atoms with E-state index in [0.717, 1.165) is 0 Å². The third-order valence-corrected chi connectivity index (χ3v) is 1.88. The summed E-state index contributed by atoms with van der Waals surface area (Å²) >= 11 is 0. The summed E-state index contributed by atoms with van der Waals surface area (Å²) < 4.78 is 9.64. The molecule has 0 atom stereocenters. The highest BCUT2D eigenvalue weighted by Crippen LogP contribution is 2.14. The third kappa shape index (κ3) is 6.43. The molecule has 0 aromatic rings. The van der Waals surface area contributed by atoms with Crippen molar-refractivity contribution in [1.29, 1.82) is 0 Å². The minimum atomic E-state index is -0.729. The number of rotatable bonds is 6. The Morgan fingerprint density at radius 2 is 1.73 bits per heavy atom. The minimum Gasteiger partial charge on any atom is -0.469 e. The van der Waals surface area contributed by atoms with Crippen LogP contribution >= 0.6 is 0 Å². The Morgan fingerprint density at radius 3 is 2.13 bits per heavy atom. The molecule has 0 rings (SSSR count). The number of hydroxylamine groups is 1. The van der Waals surface area contributed by atoms with Gasteiger partial charge in [-0.1, -0.05) is 0 Å². The van der Waals surface area contributed by atoms with Crippen LogP contribution < -0.4 is 5.48 Å². The molecule has 0 amide bonds. The summed E-state index contributed by atoms with van der Waals surface area (Å²) in [7, 11) is 2.91. The quantitative estimate of drug-likeness (QED) is 0.413. The van der Waals surface area contributed by atoms with Crippen LogP contribution in [-0.4, -0.2) is 31.5 Å². The summed E-state index contributed by atoms with van der Waals surface area (Å²) in [6, 6.07) is 0. The summed E-state index contributed by atoms with van der Waals surface area (Å²) in [4.78, 5) is 16.4. The lowest BCUT2D eigenvalue weighted by Crippen LogP contribution is -2.46. The molecule has 0 spiro atoms. The molecule has 90 valence electrons. The fourth-order valence-corrected chi connectivity index (χ4v) is 0.772. The first-order valence-corrected chi connectivity index (χ1v) is 4.79. The third-order valence-electron chi connectivity index (χ3n) is 1.88. The predicted octanol–water partition coefficient (Wildman–Crippen LogP) is 1.23. The molecule has 0 aliphatic carbocycles. The Morgan fingerprint density at radius 1 is 1.20 bits per heavy atom. The second kappa shape index (κ2) is 5.44. The minimum absolute atomic E-state index is 0.225. The normalized spacial score (nSPS) is 12.7.